The fraction of sp³-hybridized carbons (Fsp3) is 0.308. The summed E-state index contributed by atoms with van der Waals surface area (Å²) in [7, 11) is 0. The lowest BCUT2D eigenvalue weighted by atomic mass is 9.87. The lowest BCUT2D eigenvalue weighted by molar-refractivity contribution is -0.118. The monoisotopic (exact) mass is 186 g/mol. The third-order valence-corrected chi connectivity index (χ3v) is 2.69. The Bertz CT molecular complexity index is 338. The van der Waals surface area contributed by atoms with Gasteiger partial charge in [-0.25, -0.2) is 0 Å². The highest BCUT2D eigenvalue weighted by Crippen LogP contribution is 2.19. The first-order valence-corrected chi connectivity index (χ1v) is 5.10. The summed E-state index contributed by atoms with van der Waals surface area (Å²) in [5, 5.41) is 0. The molecule has 0 bridgehead atoms. The van der Waals surface area contributed by atoms with E-state index in [0.717, 1.165) is 19.3 Å². The molecule has 72 valence electrons. The van der Waals surface area contributed by atoms with Gasteiger partial charge in [0.05, 0.1) is 0 Å². The van der Waals surface area contributed by atoms with Gasteiger partial charge >= 0.3 is 0 Å². The quantitative estimate of drug-likeness (QED) is 0.694. The van der Waals surface area contributed by atoms with Crippen LogP contribution in [0.2, 0.25) is 0 Å². The summed E-state index contributed by atoms with van der Waals surface area (Å²) in [6.07, 6.45) is 6.65. The first-order chi connectivity index (χ1) is 6.86. The summed E-state index contributed by atoms with van der Waals surface area (Å²) >= 11 is 0. The minimum atomic E-state index is 0.211. The van der Waals surface area contributed by atoms with E-state index in [1.807, 2.05) is 24.3 Å². The van der Waals surface area contributed by atoms with Gasteiger partial charge in [-0.3, -0.25) is 4.79 Å². The number of carbonyl (C=O) groups is 1. The summed E-state index contributed by atoms with van der Waals surface area (Å²) in [4.78, 5) is 11.5. The summed E-state index contributed by atoms with van der Waals surface area (Å²) in [6.45, 7) is 0. The van der Waals surface area contributed by atoms with Gasteiger partial charge in [0.25, 0.3) is 0 Å². The third kappa shape index (κ3) is 2.11. The van der Waals surface area contributed by atoms with Crippen LogP contribution < -0.4 is 0 Å². The predicted molar refractivity (Wildman–Crippen MR) is 57.0 cm³/mol. The molecule has 0 saturated heterocycles. The molecule has 0 radical (unpaired) electrons. The van der Waals surface area contributed by atoms with Gasteiger partial charge in [0, 0.05) is 5.92 Å². The molecule has 1 nitrogen and oxygen atoms in total. The zero-order valence-electron chi connectivity index (χ0n) is 8.15. The van der Waals surface area contributed by atoms with Crippen LogP contribution in [-0.2, 0) is 11.2 Å². The molecule has 0 heterocycles. The number of allylic oxidation sites excluding steroid dienone is 2. The number of hydrogen-bond acceptors (Lipinski definition) is 1. The highest BCUT2D eigenvalue weighted by Gasteiger charge is 2.18. The van der Waals surface area contributed by atoms with Gasteiger partial charge < -0.3 is 0 Å². The summed E-state index contributed by atoms with van der Waals surface area (Å²) < 4.78 is 0. The summed E-state index contributed by atoms with van der Waals surface area (Å²) in [6, 6.07) is 10.2. The van der Waals surface area contributed by atoms with Crippen molar-refractivity contribution in [1.82, 2.24) is 0 Å². The Morgan fingerprint density at radius 2 is 2.00 bits per heavy atom. The maximum atomic E-state index is 11.5. The van der Waals surface area contributed by atoms with Gasteiger partial charge in [-0.05, 0) is 30.9 Å². The molecule has 0 amide bonds. The molecule has 2 rings (SSSR count). The normalized spacial score (nSPS) is 21.1. The van der Waals surface area contributed by atoms with E-state index in [1.165, 1.54) is 5.56 Å². The van der Waals surface area contributed by atoms with Crippen molar-refractivity contribution in [1.29, 1.82) is 0 Å². The molecule has 1 unspecified atom stereocenters. The topological polar surface area (TPSA) is 17.1 Å². The Morgan fingerprint density at radius 3 is 2.71 bits per heavy atom. The first-order valence-electron chi connectivity index (χ1n) is 5.10. The smallest absolute Gasteiger partial charge is 0.158 e. The predicted octanol–water partition coefficient (Wildman–Crippen LogP) is 2.76. The van der Waals surface area contributed by atoms with E-state index >= 15 is 0 Å². The van der Waals surface area contributed by atoms with Crippen LogP contribution in [0, 0.1) is 5.92 Å². The van der Waals surface area contributed by atoms with Crippen LogP contribution in [0.3, 0.4) is 0 Å². The van der Waals surface area contributed by atoms with Crippen molar-refractivity contribution < 1.29 is 4.79 Å². The molecule has 1 aromatic rings. The van der Waals surface area contributed by atoms with Gasteiger partial charge in [0.1, 0.15) is 0 Å². The Balaban J connectivity index is 2.04. The van der Waals surface area contributed by atoms with Crippen molar-refractivity contribution >= 4 is 5.78 Å². The maximum Gasteiger partial charge on any atom is 0.158 e. The number of ketones is 1. The molecule has 14 heavy (non-hydrogen) atoms. The number of benzene rings is 1. The van der Waals surface area contributed by atoms with Crippen LogP contribution in [0.4, 0.5) is 0 Å². The number of hydrogen-bond donors (Lipinski definition) is 0. The van der Waals surface area contributed by atoms with E-state index in [2.05, 4.69) is 12.1 Å². The minimum Gasteiger partial charge on any atom is -0.295 e. The fourth-order valence-electron chi connectivity index (χ4n) is 1.88. The molecular formula is C13H14O. The fourth-order valence-corrected chi connectivity index (χ4v) is 1.88. The number of carbonyl (C=O) groups excluding carboxylic acids is 1. The Labute approximate surface area is 84.5 Å². The van der Waals surface area contributed by atoms with Gasteiger partial charge in [0.2, 0.25) is 0 Å². The van der Waals surface area contributed by atoms with Gasteiger partial charge in [-0.1, -0.05) is 36.4 Å². The highest BCUT2D eigenvalue weighted by molar-refractivity contribution is 5.92. The zero-order chi connectivity index (χ0) is 9.80. The van der Waals surface area contributed by atoms with Crippen LogP contribution in [0.1, 0.15) is 18.4 Å². The SMILES string of the molecule is O=C1C=CCCC1Cc1ccccc1. The van der Waals surface area contributed by atoms with E-state index in [1.54, 1.807) is 6.08 Å². The maximum absolute atomic E-state index is 11.5. The van der Waals surface area contributed by atoms with Crippen molar-refractivity contribution in [2.75, 3.05) is 0 Å². The second kappa shape index (κ2) is 4.23. The zero-order valence-corrected chi connectivity index (χ0v) is 8.15. The molecule has 1 aliphatic rings. The van der Waals surface area contributed by atoms with E-state index in [0.29, 0.717) is 5.78 Å². The standard InChI is InChI=1S/C13H14O/c14-13-9-5-4-8-12(13)10-11-6-2-1-3-7-11/h1-3,5-7,9,12H,4,8,10H2. The molecule has 1 atom stereocenters. The lowest BCUT2D eigenvalue weighted by Gasteiger charge is -2.16. The summed E-state index contributed by atoms with van der Waals surface area (Å²) in [5.41, 5.74) is 1.26. The van der Waals surface area contributed by atoms with E-state index in [9.17, 15) is 4.79 Å². The molecule has 1 aliphatic carbocycles. The third-order valence-electron chi connectivity index (χ3n) is 2.69. The lowest BCUT2D eigenvalue weighted by Crippen LogP contribution is -2.17. The number of rotatable bonds is 2. The Kier molecular flexibility index (Phi) is 2.78. The van der Waals surface area contributed by atoms with Gasteiger partial charge in [0.15, 0.2) is 5.78 Å². The molecule has 0 saturated carbocycles. The van der Waals surface area contributed by atoms with Gasteiger partial charge in [-0.2, -0.15) is 0 Å². The van der Waals surface area contributed by atoms with E-state index in [-0.39, 0.29) is 5.92 Å². The van der Waals surface area contributed by atoms with Crippen LogP contribution in [0.5, 0.6) is 0 Å². The first kappa shape index (κ1) is 9.20. The molecule has 0 aliphatic heterocycles. The molecule has 0 fully saturated rings. The second-order valence-electron chi connectivity index (χ2n) is 3.77. The molecular weight excluding hydrogens is 172 g/mol. The van der Waals surface area contributed by atoms with Gasteiger partial charge in [-0.15, -0.1) is 0 Å². The Morgan fingerprint density at radius 1 is 1.21 bits per heavy atom. The van der Waals surface area contributed by atoms with E-state index in [4.69, 9.17) is 0 Å². The van der Waals surface area contributed by atoms with Crippen molar-refractivity contribution in [2.45, 2.75) is 19.3 Å². The largest absolute Gasteiger partial charge is 0.295 e. The average Bonchev–Trinajstić information content (AvgIpc) is 2.23. The Hall–Kier alpha value is -1.37. The minimum absolute atomic E-state index is 0.211. The molecule has 0 aromatic heterocycles. The molecule has 0 N–H and O–H groups in total. The van der Waals surface area contributed by atoms with Crippen LogP contribution >= 0.6 is 0 Å². The molecule has 1 heteroatoms. The summed E-state index contributed by atoms with van der Waals surface area (Å²) in [5.74, 6) is 0.502. The van der Waals surface area contributed by atoms with Crippen molar-refractivity contribution in [3.63, 3.8) is 0 Å². The van der Waals surface area contributed by atoms with E-state index < -0.39 is 0 Å². The van der Waals surface area contributed by atoms with Crippen LogP contribution in [0.15, 0.2) is 42.5 Å². The molecule has 1 aromatic carbocycles. The van der Waals surface area contributed by atoms with Crippen LogP contribution in [-0.4, -0.2) is 5.78 Å². The van der Waals surface area contributed by atoms with Crippen molar-refractivity contribution in [3.05, 3.63) is 48.0 Å². The average molecular weight is 186 g/mol. The molecule has 0 spiro atoms. The van der Waals surface area contributed by atoms with Crippen molar-refractivity contribution in [3.8, 4) is 0 Å². The van der Waals surface area contributed by atoms with Crippen molar-refractivity contribution in [2.24, 2.45) is 5.92 Å². The highest BCUT2D eigenvalue weighted by atomic mass is 16.1. The van der Waals surface area contributed by atoms with Crippen LogP contribution in [0.25, 0.3) is 0 Å². The second-order valence-corrected chi connectivity index (χ2v) is 3.77.